The summed E-state index contributed by atoms with van der Waals surface area (Å²) in [4.78, 5) is 11.1. The van der Waals surface area contributed by atoms with E-state index in [2.05, 4.69) is 12.2 Å². The fraction of sp³-hybridized carbons (Fsp3) is 0.875. The lowest BCUT2D eigenvalue weighted by Crippen LogP contribution is -2.33. The molecule has 0 rings (SSSR count). The number of carbonyl (C=O) groups is 1. The largest absolute Gasteiger partial charge is 0.311 e. The Balaban J connectivity index is 3.68. The summed E-state index contributed by atoms with van der Waals surface area (Å²) in [7, 11) is 1.84. The van der Waals surface area contributed by atoms with Crippen LogP contribution in [0.25, 0.3) is 0 Å². The Morgan fingerprint density at radius 2 is 2.10 bits per heavy atom. The van der Waals surface area contributed by atoms with Crippen LogP contribution in [0.2, 0.25) is 0 Å². The van der Waals surface area contributed by atoms with E-state index in [9.17, 15) is 4.79 Å². The SMILES string of the molecule is CCC[C@H](NC)C(=O)CC. The van der Waals surface area contributed by atoms with Crippen LogP contribution in [0.15, 0.2) is 0 Å². The number of hydrogen-bond acceptors (Lipinski definition) is 2. The van der Waals surface area contributed by atoms with E-state index in [-0.39, 0.29) is 6.04 Å². The molecule has 0 aromatic rings. The third kappa shape index (κ3) is 2.97. The van der Waals surface area contributed by atoms with Crippen LogP contribution in [-0.4, -0.2) is 18.9 Å². The monoisotopic (exact) mass is 143 g/mol. The Labute approximate surface area is 63.0 Å². The second-order valence-corrected chi connectivity index (χ2v) is 2.45. The van der Waals surface area contributed by atoms with Crippen molar-refractivity contribution >= 4 is 5.78 Å². The molecule has 0 spiro atoms. The zero-order valence-electron chi connectivity index (χ0n) is 7.11. The van der Waals surface area contributed by atoms with Gasteiger partial charge in [0.2, 0.25) is 0 Å². The van der Waals surface area contributed by atoms with Crippen molar-refractivity contribution in [3.05, 3.63) is 0 Å². The first kappa shape index (κ1) is 9.63. The van der Waals surface area contributed by atoms with Crippen molar-refractivity contribution in [3.8, 4) is 0 Å². The van der Waals surface area contributed by atoms with Crippen molar-refractivity contribution in [2.24, 2.45) is 0 Å². The summed E-state index contributed by atoms with van der Waals surface area (Å²) < 4.78 is 0. The quantitative estimate of drug-likeness (QED) is 0.629. The van der Waals surface area contributed by atoms with Crippen LogP contribution >= 0.6 is 0 Å². The highest BCUT2D eigenvalue weighted by Gasteiger charge is 2.11. The fourth-order valence-corrected chi connectivity index (χ4v) is 1.00. The van der Waals surface area contributed by atoms with Crippen LogP contribution in [0.4, 0.5) is 0 Å². The van der Waals surface area contributed by atoms with E-state index in [1.807, 2.05) is 14.0 Å². The molecule has 0 saturated heterocycles. The molecule has 0 amide bonds. The van der Waals surface area contributed by atoms with Gasteiger partial charge < -0.3 is 5.32 Å². The van der Waals surface area contributed by atoms with E-state index >= 15 is 0 Å². The van der Waals surface area contributed by atoms with Crippen LogP contribution in [0.3, 0.4) is 0 Å². The third-order valence-corrected chi connectivity index (χ3v) is 1.66. The van der Waals surface area contributed by atoms with Crippen molar-refractivity contribution in [2.45, 2.75) is 39.2 Å². The van der Waals surface area contributed by atoms with Gasteiger partial charge in [-0.2, -0.15) is 0 Å². The Morgan fingerprint density at radius 3 is 2.40 bits per heavy atom. The van der Waals surface area contributed by atoms with Crippen LogP contribution in [-0.2, 0) is 4.79 Å². The molecule has 1 N–H and O–H groups in total. The van der Waals surface area contributed by atoms with Crippen molar-refractivity contribution in [2.75, 3.05) is 7.05 Å². The lowest BCUT2D eigenvalue weighted by atomic mass is 10.1. The first-order chi connectivity index (χ1) is 4.76. The number of carbonyl (C=O) groups excluding carboxylic acids is 1. The van der Waals surface area contributed by atoms with E-state index < -0.39 is 0 Å². The van der Waals surface area contributed by atoms with Crippen molar-refractivity contribution in [1.29, 1.82) is 0 Å². The molecule has 0 heterocycles. The van der Waals surface area contributed by atoms with Gasteiger partial charge in [0.05, 0.1) is 6.04 Å². The molecule has 0 bridgehead atoms. The molecule has 0 aromatic carbocycles. The summed E-state index contributed by atoms with van der Waals surface area (Å²) in [6, 6.07) is 0.0926. The highest BCUT2D eigenvalue weighted by atomic mass is 16.1. The molecular formula is C8H17NO. The zero-order chi connectivity index (χ0) is 7.98. The molecule has 0 aliphatic heterocycles. The predicted molar refractivity (Wildman–Crippen MR) is 43.1 cm³/mol. The molecule has 0 radical (unpaired) electrons. The number of hydrogen-bond donors (Lipinski definition) is 1. The van der Waals surface area contributed by atoms with Gasteiger partial charge >= 0.3 is 0 Å². The van der Waals surface area contributed by atoms with E-state index in [1.54, 1.807) is 0 Å². The lowest BCUT2D eigenvalue weighted by molar-refractivity contribution is -0.120. The fourth-order valence-electron chi connectivity index (χ4n) is 1.00. The van der Waals surface area contributed by atoms with Gasteiger partial charge in [-0.25, -0.2) is 0 Å². The van der Waals surface area contributed by atoms with Crippen molar-refractivity contribution < 1.29 is 4.79 Å². The molecule has 2 heteroatoms. The molecule has 0 unspecified atom stereocenters. The summed E-state index contributed by atoms with van der Waals surface area (Å²) in [6.07, 6.45) is 2.67. The van der Waals surface area contributed by atoms with E-state index in [1.165, 1.54) is 0 Å². The molecule has 0 aliphatic rings. The minimum Gasteiger partial charge on any atom is -0.311 e. The maximum absolute atomic E-state index is 11.1. The normalized spacial score (nSPS) is 13.1. The minimum absolute atomic E-state index is 0.0926. The number of Topliss-reactive ketones (excluding diaryl/α,β-unsaturated/α-hetero) is 1. The lowest BCUT2D eigenvalue weighted by Gasteiger charge is -2.11. The summed E-state index contributed by atoms with van der Waals surface area (Å²) in [5.41, 5.74) is 0. The zero-order valence-corrected chi connectivity index (χ0v) is 7.11. The van der Waals surface area contributed by atoms with Gasteiger partial charge in [0.25, 0.3) is 0 Å². The van der Waals surface area contributed by atoms with Gasteiger partial charge in [-0.1, -0.05) is 20.3 Å². The molecular weight excluding hydrogens is 126 g/mol. The summed E-state index contributed by atoms with van der Waals surface area (Å²) >= 11 is 0. The second-order valence-electron chi connectivity index (χ2n) is 2.45. The average molecular weight is 143 g/mol. The Bertz CT molecular complexity index is 101. The van der Waals surface area contributed by atoms with Gasteiger partial charge in [-0.15, -0.1) is 0 Å². The van der Waals surface area contributed by atoms with Gasteiger partial charge in [0, 0.05) is 6.42 Å². The molecule has 0 fully saturated rings. The number of nitrogens with one attached hydrogen (secondary N) is 1. The van der Waals surface area contributed by atoms with Crippen LogP contribution < -0.4 is 5.32 Å². The van der Waals surface area contributed by atoms with Gasteiger partial charge in [-0.3, -0.25) is 4.79 Å². The number of likely N-dealkylation sites (N-methyl/N-ethyl adjacent to an activating group) is 1. The molecule has 2 nitrogen and oxygen atoms in total. The highest BCUT2D eigenvalue weighted by Crippen LogP contribution is 1.99. The van der Waals surface area contributed by atoms with Crippen molar-refractivity contribution in [1.82, 2.24) is 5.32 Å². The Kier molecular flexibility index (Phi) is 5.22. The molecule has 0 aliphatic carbocycles. The van der Waals surface area contributed by atoms with Gasteiger partial charge in [0.15, 0.2) is 0 Å². The Morgan fingerprint density at radius 1 is 1.50 bits per heavy atom. The maximum Gasteiger partial charge on any atom is 0.149 e. The topological polar surface area (TPSA) is 29.1 Å². The second kappa shape index (κ2) is 5.42. The Hall–Kier alpha value is -0.370. The molecule has 60 valence electrons. The first-order valence-electron chi connectivity index (χ1n) is 3.96. The van der Waals surface area contributed by atoms with E-state index in [0.717, 1.165) is 12.8 Å². The highest BCUT2D eigenvalue weighted by molar-refractivity contribution is 5.83. The summed E-state index contributed by atoms with van der Waals surface area (Å²) in [5, 5.41) is 3.00. The van der Waals surface area contributed by atoms with Gasteiger partial charge in [0.1, 0.15) is 5.78 Å². The maximum atomic E-state index is 11.1. The average Bonchev–Trinajstić information content (AvgIpc) is 1.99. The van der Waals surface area contributed by atoms with Crippen LogP contribution in [0, 0.1) is 0 Å². The first-order valence-corrected chi connectivity index (χ1v) is 3.96. The van der Waals surface area contributed by atoms with Gasteiger partial charge in [-0.05, 0) is 13.5 Å². The minimum atomic E-state index is 0.0926. The molecule has 1 atom stereocenters. The molecule has 0 aromatic heterocycles. The van der Waals surface area contributed by atoms with E-state index in [4.69, 9.17) is 0 Å². The third-order valence-electron chi connectivity index (χ3n) is 1.66. The number of ketones is 1. The predicted octanol–water partition coefficient (Wildman–Crippen LogP) is 1.35. The molecule has 0 saturated carbocycles. The van der Waals surface area contributed by atoms with Crippen LogP contribution in [0.5, 0.6) is 0 Å². The standard InChI is InChI=1S/C8H17NO/c1-4-6-7(9-3)8(10)5-2/h7,9H,4-6H2,1-3H3/t7-/m0/s1. The van der Waals surface area contributed by atoms with E-state index in [0.29, 0.717) is 12.2 Å². The smallest absolute Gasteiger partial charge is 0.149 e. The summed E-state index contributed by atoms with van der Waals surface area (Å²) in [6.45, 7) is 4.00. The molecule has 10 heavy (non-hydrogen) atoms. The number of rotatable bonds is 5. The summed E-state index contributed by atoms with van der Waals surface area (Å²) in [5.74, 6) is 0.323. The van der Waals surface area contributed by atoms with Crippen molar-refractivity contribution in [3.63, 3.8) is 0 Å². The van der Waals surface area contributed by atoms with Crippen LogP contribution in [0.1, 0.15) is 33.1 Å².